The minimum atomic E-state index is 0.847. The van der Waals surface area contributed by atoms with E-state index in [2.05, 4.69) is 270 Å². The number of hydrogen-bond donors (Lipinski definition) is 0. The molecule has 0 bridgehead atoms. The van der Waals surface area contributed by atoms with Crippen molar-refractivity contribution in [2.75, 3.05) is 47.9 Å². The molecule has 0 aliphatic carbocycles. The summed E-state index contributed by atoms with van der Waals surface area (Å²) in [5.74, 6) is 1.70. The lowest BCUT2D eigenvalue weighted by atomic mass is 10.1. The third-order valence-electron chi connectivity index (χ3n) is 13.9. The molecule has 12 rings (SSSR count). The Kier molecular flexibility index (Phi) is 13.3. The predicted molar refractivity (Wildman–Crippen MR) is 314 cm³/mol. The van der Waals surface area contributed by atoms with Crippen molar-refractivity contribution >= 4 is 100.0 Å². The van der Waals surface area contributed by atoms with Gasteiger partial charge in [0.25, 0.3) is 0 Å². The number of benzene rings is 12. The lowest BCUT2D eigenvalue weighted by Gasteiger charge is -2.27. The first kappa shape index (κ1) is 46.8. The molecule has 6 heteroatoms. The molecule has 6 nitrogen and oxygen atoms in total. The number of methoxy groups -OCH3 is 2. The first-order valence-electron chi connectivity index (χ1n) is 24.9. The van der Waals surface area contributed by atoms with Crippen LogP contribution in [-0.2, 0) is 0 Å². The summed E-state index contributed by atoms with van der Waals surface area (Å²) in [7, 11) is 7.55. The maximum atomic E-state index is 5.42. The van der Waals surface area contributed by atoms with Crippen molar-refractivity contribution in [1.29, 1.82) is 0 Å². The van der Waals surface area contributed by atoms with E-state index in [0.717, 1.165) is 68.4 Å². The van der Waals surface area contributed by atoms with Gasteiger partial charge in [-0.1, -0.05) is 127 Å². The number of anilines is 10. The molecule has 12 aromatic carbocycles. The largest absolute Gasteiger partial charge is 0.497 e. The first-order chi connectivity index (χ1) is 36.4. The molecule has 12 aromatic rings. The Labute approximate surface area is 433 Å². The van der Waals surface area contributed by atoms with Crippen LogP contribution in [0.2, 0.25) is 0 Å². The molecule has 0 unspecified atom stereocenters. The fraction of sp³-hybridized carbons (Fsp3) is 0.0588. The average molecular weight is 961 g/mol. The van der Waals surface area contributed by atoms with E-state index < -0.39 is 0 Å². The Hall–Kier alpha value is -9.52. The highest BCUT2D eigenvalue weighted by Crippen LogP contribution is 2.41. The molecule has 0 aromatic heterocycles. The number of fused-ring (bicyclic) bond motifs is 4. The van der Waals surface area contributed by atoms with Gasteiger partial charge in [0, 0.05) is 77.0 Å². The van der Waals surface area contributed by atoms with Gasteiger partial charge in [-0.25, -0.2) is 0 Å². The monoisotopic (exact) mass is 960 g/mol. The van der Waals surface area contributed by atoms with Crippen LogP contribution in [0.3, 0.4) is 0 Å². The van der Waals surface area contributed by atoms with Crippen LogP contribution in [0.15, 0.2) is 267 Å². The SMILES string of the molecule is COc1ccc(N(C)c2ccc(N(c3ccc4ccccc4c3)c3ccc4ccccc4c3)cc2)cc1.COc1cccc(N(C)c2ccc(N(c3ccc4ccccc4c3)c3ccc4ccccc4c3)cc2)c1. The molecular formula is C68H56N4O2. The summed E-state index contributed by atoms with van der Waals surface area (Å²) in [6, 6.07) is 94.4. The lowest BCUT2D eigenvalue weighted by molar-refractivity contribution is 0.415. The molecule has 0 amide bonds. The molecule has 0 N–H and O–H groups in total. The topological polar surface area (TPSA) is 31.4 Å². The van der Waals surface area contributed by atoms with Crippen LogP contribution in [0.4, 0.5) is 56.9 Å². The van der Waals surface area contributed by atoms with Gasteiger partial charge in [0.05, 0.1) is 14.2 Å². The van der Waals surface area contributed by atoms with Gasteiger partial charge >= 0.3 is 0 Å². The van der Waals surface area contributed by atoms with Crippen LogP contribution in [0, 0.1) is 0 Å². The van der Waals surface area contributed by atoms with Crippen molar-refractivity contribution in [2.24, 2.45) is 0 Å². The average Bonchev–Trinajstić information content (AvgIpc) is 3.47. The molecule has 74 heavy (non-hydrogen) atoms. The van der Waals surface area contributed by atoms with Crippen LogP contribution in [0.25, 0.3) is 43.1 Å². The van der Waals surface area contributed by atoms with Crippen LogP contribution < -0.4 is 29.1 Å². The molecule has 0 aliphatic heterocycles. The van der Waals surface area contributed by atoms with E-state index in [-0.39, 0.29) is 0 Å². The third-order valence-corrected chi connectivity index (χ3v) is 13.9. The highest BCUT2D eigenvalue weighted by Gasteiger charge is 2.17. The molecule has 0 saturated heterocycles. The fourth-order valence-electron chi connectivity index (χ4n) is 9.73. The predicted octanol–water partition coefficient (Wildman–Crippen LogP) is 18.5. The second-order valence-corrected chi connectivity index (χ2v) is 18.3. The number of nitrogens with zero attached hydrogens (tertiary/aromatic N) is 4. The Morgan fingerprint density at radius 1 is 0.216 bits per heavy atom. The molecule has 360 valence electrons. The molecule has 0 saturated carbocycles. The van der Waals surface area contributed by atoms with Crippen LogP contribution in [0.5, 0.6) is 11.5 Å². The van der Waals surface area contributed by atoms with Crippen molar-refractivity contribution in [3.8, 4) is 11.5 Å². The second-order valence-electron chi connectivity index (χ2n) is 18.3. The number of ether oxygens (including phenoxy) is 2. The Bertz CT molecular complexity index is 3720. The molecule has 0 spiro atoms. The van der Waals surface area contributed by atoms with E-state index in [1.807, 2.05) is 30.3 Å². The van der Waals surface area contributed by atoms with Gasteiger partial charge in [-0.05, 0) is 177 Å². The van der Waals surface area contributed by atoms with E-state index in [9.17, 15) is 0 Å². The van der Waals surface area contributed by atoms with E-state index >= 15 is 0 Å². The van der Waals surface area contributed by atoms with Crippen molar-refractivity contribution in [2.45, 2.75) is 0 Å². The van der Waals surface area contributed by atoms with Gasteiger partial charge in [-0.3, -0.25) is 0 Å². The van der Waals surface area contributed by atoms with Crippen molar-refractivity contribution in [3.63, 3.8) is 0 Å². The molecule has 0 atom stereocenters. The summed E-state index contributed by atoms with van der Waals surface area (Å²) in [5, 5.41) is 9.84. The first-order valence-corrected chi connectivity index (χ1v) is 24.9. The Morgan fingerprint density at radius 3 is 0.838 bits per heavy atom. The van der Waals surface area contributed by atoms with Crippen molar-refractivity contribution in [1.82, 2.24) is 0 Å². The van der Waals surface area contributed by atoms with Gasteiger partial charge < -0.3 is 29.1 Å². The third kappa shape index (κ3) is 9.90. The molecule has 0 aliphatic rings. The summed E-state index contributed by atoms with van der Waals surface area (Å²) in [6.07, 6.45) is 0. The quantitative estimate of drug-likeness (QED) is 0.121. The van der Waals surface area contributed by atoms with Crippen LogP contribution in [0.1, 0.15) is 0 Å². The van der Waals surface area contributed by atoms with Gasteiger partial charge in [0.15, 0.2) is 0 Å². The number of rotatable bonds is 12. The molecule has 0 radical (unpaired) electrons. The van der Waals surface area contributed by atoms with E-state index in [4.69, 9.17) is 9.47 Å². The summed E-state index contributed by atoms with van der Waals surface area (Å²) in [6.45, 7) is 0. The van der Waals surface area contributed by atoms with E-state index in [0.29, 0.717) is 0 Å². The van der Waals surface area contributed by atoms with Crippen LogP contribution >= 0.6 is 0 Å². The highest BCUT2D eigenvalue weighted by atomic mass is 16.5. The van der Waals surface area contributed by atoms with E-state index in [1.165, 1.54) is 43.1 Å². The minimum absolute atomic E-state index is 0.847. The summed E-state index contributed by atoms with van der Waals surface area (Å²) in [5.41, 5.74) is 11.1. The standard InChI is InChI=1S/2C34H28N2O/c1-35(31-12-7-13-34(24-31)37-2)29-18-20-30(21-19-29)36(32-16-14-25-8-3-5-10-27(25)22-32)33-17-15-26-9-4-6-11-28(26)23-33;1-35(30-19-21-34(37-2)22-20-30)29-15-17-31(18-16-29)36(32-13-11-25-7-3-5-9-27(25)23-32)33-14-12-26-8-4-6-10-28(26)24-33/h2*3-24H,1-2H3. The zero-order valence-electron chi connectivity index (χ0n) is 42.0. The smallest absolute Gasteiger partial charge is 0.120 e. The lowest BCUT2D eigenvalue weighted by Crippen LogP contribution is -2.12. The summed E-state index contributed by atoms with van der Waals surface area (Å²) in [4.78, 5) is 9.01. The molecule has 0 fully saturated rings. The van der Waals surface area contributed by atoms with E-state index in [1.54, 1.807) is 14.2 Å². The minimum Gasteiger partial charge on any atom is -0.497 e. The van der Waals surface area contributed by atoms with Gasteiger partial charge in [0.1, 0.15) is 11.5 Å². The summed E-state index contributed by atoms with van der Waals surface area (Å²) < 4.78 is 10.7. The fourth-order valence-corrected chi connectivity index (χ4v) is 9.73. The maximum absolute atomic E-state index is 5.42. The number of hydrogen-bond acceptors (Lipinski definition) is 6. The van der Waals surface area contributed by atoms with Gasteiger partial charge in [-0.15, -0.1) is 0 Å². The Morgan fingerprint density at radius 2 is 0.500 bits per heavy atom. The zero-order valence-corrected chi connectivity index (χ0v) is 42.0. The summed E-state index contributed by atoms with van der Waals surface area (Å²) >= 11 is 0. The zero-order chi connectivity index (χ0) is 50.4. The van der Waals surface area contributed by atoms with Gasteiger partial charge in [0.2, 0.25) is 0 Å². The van der Waals surface area contributed by atoms with Crippen molar-refractivity contribution in [3.05, 3.63) is 267 Å². The Balaban J connectivity index is 0.000000159. The van der Waals surface area contributed by atoms with Crippen LogP contribution in [-0.4, -0.2) is 28.3 Å². The second kappa shape index (κ2) is 21.1. The molecular weight excluding hydrogens is 905 g/mol. The maximum Gasteiger partial charge on any atom is 0.120 e. The van der Waals surface area contributed by atoms with Gasteiger partial charge in [-0.2, -0.15) is 0 Å². The normalized spacial score (nSPS) is 11.0. The van der Waals surface area contributed by atoms with Crippen molar-refractivity contribution < 1.29 is 9.47 Å². The highest BCUT2D eigenvalue weighted by molar-refractivity contribution is 5.94. The molecule has 0 heterocycles.